The number of hydrogen-bond donors (Lipinski definition) is 1. The van der Waals surface area contributed by atoms with Gasteiger partial charge in [-0.05, 0) is 64.2 Å². The van der Waals surface area contributed by atoms with Gasteiger partial charge in [0.1, 0.15) is 6.10 Å². The number of ether oxygens (including phenoxy) is 1. The van der Waals surface area contributed by atoms with Gasteiger partial charge in [-0.15, -0.1) is 0 Å². The molecular weight excluding hydrogens is 520 g/mol. The summed E-state index contributed by atoms with van der Waals surface area (Å²) in [6.45, 7) is 4.52. The Labute approximate surface area is 262 Å². The summed E-state index contributed by atoms with van der Waals surface area (Å²) in [7, 11) is 0. The van der Waals surface area contributed by atoms with Crippen molar-refractivity contribution in [3.63, 3.8) is 0 Å². The van der Waals surface area contributed by atoms with E-state index in [2.05, 4.69) is 26.0 Å². The van der Waals surface area contributed by atoms with Gasteiger partial charge in [0.15, 0.2) is 0 Å². The molecule has 0 rings (SSSR count). The highest BCUT2D eigenvalue weighted by Gasteiger charge is 2.14. The maximum atomic E-state index is 12.5. The molecule has 1 atom stereocenters. The van der Waals surface area contributed by atoms with Crippen molar-refractivity contribution in [1.29, 1.82) is 0 Å². The summed E-state index contributed by atoms with van der Waals surface area (Å²) in [5, 5.41) is 8.90. The molecule has 1 unspecified atom stereocenters. The van der Waals surface area contributed by atoms with Crippen LogP contribution >= 0.6 is 0 Å². The van der Waals surface area contributed by atoms with Crippen molar-refractivity contribution in [3.05, 3.63) is 12.2 Å². The molecule has 4 nitrogen and oxygen atoms in total. The SMILES string of the molecule is CCCCCCCC/C=C\CCCCCCCCCCCC(=O)OC(CCCCCCCCCC)CCCCC(=O)O. The number of carboxylic acid groups (broad SMARTS) is 1. The molecule has 0 aromatic carbocycles. The number of carbonyl (C=O) groups excluding carboxylic acids is 1. The van der Waals surface area contributed by atoms with Gasteiger partial charge in [0, 0.05) is 12.8 Å². The average Bonchev–Trinajstić information content (AvgIpc) is 2.97. The summed E-state index contributed by atoms with van der Waals surface area (Å²) < 4.78 is 5.86. The van der Waals surface area contributed by atoms with Gasteiger partial charge in [-0.3, -0.25) is 9.59 Å². The van der Waals surface area contributed by atoms with Crippen molar-refractivity contribution in [2.24, 2.45) is 0 Å². The third-order valence-corrected chi connectivity index (χ3v) is 8.49. The lowest BCUT2D eigenvalue weighted by Gasteiger charge is -2.18. The van der Waals surface area contributed by atoms with Gasteiger partial charge in [-0.25, -0.2) is 0 Å². The Balaban J connectivity index is 3.75. The highest BCUT2D eigenvalue weighted by Crippen LogP contribution is 2.18. The molecular formula is C38H72O4. The Morgan fingerprint density at radius 2 is 0.857 bits per heavy atom. The van der Waals surface area contributed by atoms with Crippen LogP contribution in [0.4, 0.5) is 0 Å². The topological polar surface area (TPSA) is 63.6 Å². The zero-order valence-corrected chi connectivity index (χ0v) is 28.3. The van der Waals surface area contributed by atoms with Gasteiger partial charge in [-0.1, -0.05) is 148 Å². The minimum absolute atomic E-state index is 0.0396. The van der Waals surface area contributed by atoms with Crippen LogP contribution in [-0.2, 0) is 14.3 Å². The van der Waals surface area contributed by atoms with E-state index in [-0.39, 0.29) is 18.5 Å². The minimum Gasteiger partial charge on any atom is -0.481 e. The maximum absolute atomic E-state index is 12.5. The van der Waals surface area contributed by atoms with E-state index in [0.717, 1.165) is 38.5 Å². The zero-order valence-electron chi connectivity index (χ0n) is 28.3. The van der Waals surface area contributed by atoms with Crippen molar-refractivity contribution >= 4 is 11.9 Å². The summed E-state index contributed by atoms with van der Waals surface area (Å²) in [6.07, 6.45) is 40.9. The summed E-state index contributed by atoms with van der Waals surface area (Å²) in [5.74, 6) is -0.799. The van der Waals surface area contributed by atoms with E-state index in [1.807, 2.05) is 0 Å². The second-order valence-corrected chi connectivity index (χ2v) is 12.8. The molecule has 0 aliphatic carbocycles. The Morgan fingerprint density at radius 1 is 0.500 bits per heavy atom. The smallest absolute Gasteiger partial charge is 0.306 e. The highest BCUT2D eigenvalue weighted by atomic mass is 16.5. The van der Waals surface area contributed by atoms with E-state index in [0.29, 0.717) is 12.8 Å². The predicted molar refractivity (Wildman–Crippen MR) is 181 cm³/mol. The van der Waals surface area contributed by atoms with Crippen LogP contribution in [0.1, 0.15) is 213 Å². The first-order valence-electron chi connectivity index (χ1n) is 18.7. The van der Waals surface area contributed by atoms with Gasteiger partial charge in [-0.2, -0.15) is 0 Å². The number of carbonyl (C=O) groups is 2. The average molecular weight is 593 g/mol. The fraction of sp³-hybridized carbons (Fsp3) is 0.895. The molecule has 0 radical (unpaired) electrons. The van der Waals surface area contributed by atoms with Crippen molar-refractivity contribution in [2.75, 3.05) is 0 Å². The van der Waals surface area contributed by atoms with Gasteiger partial charge in [0.2, 0.25) is 0 Å². The Morgan fingerprint density at radius 3 is 1.31 bits per heavy atom. The van der Waals surface area contributed by atoms with Crippen LogP contribution in [0.5, 0.6) is 0 Å². The molecule has 0 bridgehead atoms. The third kappa shape index (κ3) is 33.2. The fourth-order valence-corrected chi connectivity index (χ4v) is 5.71. The molecule has 0 spiro atoms. The molecule has 42 heavy (non-hydrogen) atoms. The molecule has 0 amide bonds. The molecule has 0 aliphatic heterocycles. The lowest BCUT2D eigenvalue weighted by molar-refractivity contribution is -0.150. The van der Waals surface area contributed by atoms with Crippen molar-refractivity contribution < 1.29 is 19.4 Å². The molecule has 4 heteroatoms. The summed E-state index contributed by atoms with van der Waals surface area (Å²) in [6, 6.07) is 0. The lowest BCUT2D eigenvalue weighted by atomic mass is 10.0. The van der Waals surface area contributed by atoms with E-state index in [4.69, 9.17) is 9.84 Å². The number of hydrogen-bond acceptors (Lipinski definition) is 3. The van der Waals surface area contributed by atoms with Crippen LogP contribution in [0.2, 0.25) is 0 Å². The predicted octanol–water partition coefficient (Wildman–Crippen LogP) is 12.7. The number of allylic oxidation sites excluding steroid dienone is 2. The Hall–Kier alpha value is -1.32. The van der Waals surface area contributed by atoms with E-state index in [1.165, 1.54) is 141 Å². The third-order valence-electron chi connectivity index (χ3n) is 8.49. The van der Waals surface area contributed by atoms with Crippen molar-refractivity contribution in [3.8, 4) is 0 Å². The van der Waals surface area contributed by atoms with Crippen LogP contribution in [0.3, 0.4) is 0 Å². The van der Waals surface area contributed by atoms with Gasteiger partial charge >= 0.3 is 11.9 Å². The van der Waals surface area contributed by atoms with Crippen LogP contribution < -0.4 is 0 Å². The number of carboxylic acids is 1. The number of esters is 1. The van der Waals surface area contributed by atoms with Crippen molar-refractivity contribution in [1.82, 2.24) is 0 Å². The van der Waals surface area contributed by atoms with E-state index in [9.17, 15) is 9.59 Å². The van der Waals surface area contributed by atoms with Gasteiger partial charge < -0.3 is 9.84 Å². The minimum atomic E-state index is -0.742. The first-order valence-corrected chi connectivity index (χ1v) is 18.7. The Kier molecular flexibility index (Phi) is 33.1. The molecule has 0 aliphatic rings. The molecule has 0 fully saturated rings. The molecule has 248 valence electrons. The molecule has 0 heterocycles. The number of rotatable bonds is 34. The normalized spacial score (nSPS) is 12.2. The standard InChI is InChI=1S/C38H72O4/c1-3-5-7-9-11-13-14-15-16-17-18-19-20-21-22-23-25-27-29-35-38(41)42-36(33-30-31-34-37(39)40)32-28-26-24-12-10-8-6-4-2/h15-16,36H,3-14,17-35H2,1-2H3,(H,39,40)/b16-15-. The molecule has 0 saturated heterocycles. The van der Waals surface area contributed by atoms with Crippen LogP contribution in [-0.4, -0.2) is 23.1 Å². The van der Waals surface area contributed by atoms with Gasteiger partial charge in [0.25, 0.3) is 0 Å². The highest BCUT2D eigenvalue weighted by molar-refractivity contribution is 5.69. The second kappa shape index (κ2) is 34.2. The van der Waals surface area contributed by atoms with E-state index >= 15 is 0 Å². The molecule has 0 aromatic rings. The molecule has 0 saturated carbocycles. The summed E-state index contributed by atoms with van der Waals surface area (Å²) >= 11 is 0. The number of unbranched alkanes of at least 4 members (excludes halogenated alkanes) is 23. The Bertz CT molecular complexity index is 600. The van der Waals surface area contributed by atoms with Crippen LogP contribution in [0.25, 0.3) is 0 Å². The van der Waals surface area contributed by atoms with Crippen LogP contribution in [0, 0.1) is 0 Å². The lowest BCUT2D eigenvalue weighted by Crippen LogP contribution is -2.18. The number of aliphatic carboxylic acids is 1. The largest absolute Gasteiger partial charge is 0.481 e. The van der Waals surface area contributed by atoms with Gasteiger partial charge in [0.05, 0.1) is 0 Å². The van der Waals surface area contributed by atoms with E-state index in [1.54, 1.807) is 0 Å². The first kappa shape index (κ1) is 40.7. The zero-order chi connectivity index (χ0) is 30.8. The summed E-state index contributed by atoms with van der Waals surface area (Å²) in [4.78, 5) is 23.3. The monoisotopic (exact) mass is 593 g/mol. The maximum Gasteiger partial charge on any atom is 0.306 e. The van der Waals surface area contributed by atoms with Crippen LogP contribution in [0.15, 0.2) is 12.2 Å². The quantitative estimate of drug-likeness (QED) is 0.0458. The van der Waals surface area contributed by atoms with Crippen molar-refractivity contribution in [2.45, 2.75) is 219 Å². The first-order chi connectivity index (χ1) is 20.6. The van der Waals surface area contributed by atoms with E-state index < -0.39 is 5.97 Å². The molecule has 0 aromatic heterocycles. The fourth-order valence-electron chi connectivity index (χ4n) is 5.71. The molecule has 1 N–H and O–H groups in total. The summed E-state index contributed by atoms with van der Waals surface area (Å²) in [5.41, 5.74) is 0. The second-order valence-electron chi connectivity index (χ2n) is 12.8.